The van der Waals surface area contributed by atoms with E-state index in [9.17, 15) is 32.3 Å². The fourth-order valence-corrected chi connectivity index (χ4v) is 3.95. The first-order valence-corrected chi connectivity index (χ1v) is 12.2. The van der Waals surface area contributed by atoms with Gasteiger partial charge in [-0.25, -0.2) is 9.69 Å². The molecule has 0 fully saturated rings. The van der Waals surface area contributed by atoms with Gasteiger partial charge in [0.15, 0.2) is 0 Å². The number of imide groups is 1. The normalized spacial score (nSPS) is 13.6. The van der Waals surface area contributed by atoms with E-state index in [0.29, 0.717) is 0 Å². The molecule has 3 amide bonds. The van der Waals surface area contributed by atoms with E-state index in [4.69, 9.17) is 16.3 Å². The number of alkyl halides is 3. The van der Waals surface area contributed by atoms with Crippen LogP contribution in [-0.2, 0) is 20.5 Å². The molecule has 0 unspecified atom stereocenters. The molecule has 1 aliphatic rings. The molecule has 0 aromatic heterocycles. The van der Waals surface area contributed by atoms with Crippen molar-refractivity contribution in [1.29, 1.82) is 0 Å². The van der Waals surface area contributed by atoms with Crippen LogP contribution in [0.5, 0.6) is 0 Å². The zero-order chi connectivity index (χ0) is 29.2. The second-order valence-corrected chi connectivity index (χ2v) is 9.25. The van der Waals surface area contributed by atoms with E-state index in [1.54, 1.807) is 13.8 Å². The Labute approximate surface area is 231 Å². The Balaban J connectivity index is 1.49. The topological polar surface area (TPSA) is 105 Å². The number of anilines is 3. The van der Waals surface area contributed by atoms with Crippen molar-refractivity contribution in [3.63, 3.8) is 0 Å². The molecule has 0 saturated heterocycles. The lowest BCUT2D eigenvalue weighted by Crippen LogP contribution is -2.32. The highest BCUT2D eigenvalue weighted by Crippen LogP contribution is 2.32. The molecule has 0 atom stereocenters. The van der Waals surface area contributed by atoms with Gasteiger partial charge in [-0.3, -0.25) is 14.4 Å². The minimum atomic E-state index is -4.57. The number of ether oxygens (including phenoxy) is 1. The van der Waals surface area contributed by atoms with Crippen molar-refractivity contribution >= 4 is 52.4 Å². The molecule has 40 heavy (non-hydrogen) atoms. The molecular formula is C28H21ClF3N3O5. The fraction of sp³-hybridized carbons (Fsp3) is 0.143. The number of halogens is 4. The SMILES string of the molecule is CC(C)OC(=O)c1ccc(N2C(=O)C(Cl)=C(Nc3cccc(C(=O)Nc4cccc(C(F)(F)F)c4)c3)C2=O)cc1. The maximum Gasteiger partial charge on any atom is 0.416 e. The maximum atomic E-state index is 13.1. The third-order valence-electron chi connectivity index (χ3n) is 5.57. The van der Waals surface area contributed by atoms with Crippen LogP contribution in [0.25, 0.3) is 0 Å². The minimum absolute atomic E-state index is 0.0559. The summed E-state index contributed by atoms with van der Waals surface area (Å²) in [6.07, 6.45) is -4.89. The Bertz CT molecular complexity index is 1530. The Kier molecular flexibility index (Phi) is 7.96. The number of hydrogen-bond donors (Lipinski definition) is 2. The van der Waals surface area contributed by atoms with E-state index in [1.165, 1.54) is 60.7 Å². The highest BCUT2D eigenvalue weighted by Gasteiger charge is 2.39. The van der Waals surface area contributed by atoms with Crippen LogP contribution in [-0.4, -0.2) is 29.8 Å². The monoisotopic (exact) mass is 571 g/mol. The molecule has 12 heteroatoms. The molecule has 0 saturated carbocycles. The first kappa shape index (κ1) is 28.4. The highest BCUT2D eigenvalue weighted by molar-refractivity contribution is 6.53. The molecule has 1 heterocycles. The van der Waals surface area contributed by atoms with Crippen LogP contribution in [0.15, 0.2) is 83.5 Å². The van der Waals surface area contributed by atoms with Gasteiger partial charge in [0.2, 0.25) is 0 Å². The van der Waals surface area contributed by atoms with Gasteiger partial charge >= 0.3 is 12.1 Å². The Hall–Kier alpha value is -4.64. The summed E-state index contributed by atoms with van der Waals surface area (Å²) in [6, 6.07) is 15.5. The fourth-order valence-electron chi connectivity index (χ4n) is 3.73. The van der Waals surface area contributed by atoms with Crippen LogP contribution >= 0.6 is 11.6 Å². The molecule has 4 rings (SSSR count). The van der Waals surface area contributed by atoms with Gasteiger partial charge in [-0.15, -0.1) is 0 Å². The predicted molar refractivity (Wildman–Crippen MR) is 142 cm³/mol. The van der Waals surface area contributed by atoms with Gasteiger partial charge in [-0.2, -0.15) is 13.2 Å². The van der Waals surface area contributed by atoms with Gasteiger partial charge in [0.25, 0.3) is 17.7 Å². The number of benzene rings is 3. The third-order valence-corrected chi connectivity index (χ3v) is 5.92. The predicted octanol–water partition coefficient (Wildman–Crippen LogP) is 5.96. The lowest BCUT2D eigenvalue weighted by molar-refractivity contribution is -0.137. The number of hydrogen-bond acceptors (Lipinski definition) is 6. The van der Waals surface area contributed by atoms with E-state index in [0.717, 1.165) is 17.0 Å². The van der Waals surface area contributed by atoms with Crippen molar-refractivity contribution in [3.05, 3.63) is 100 Å². The van der Waals surface area contributed by atoms with Crippen molar-refractivity contribution < 1.29 is 37.1 Å². The van der Waals surface area contributed by atoms with Gasteiger partial charge in [0, 0.05) is 16.9 Å². The summed E-state index contributed by atoms with van der Waals surface area (Å²) in [5.41, 5.74) is -0.530. The van der Waals surface area contributed by atoms with Crippen molar-refractivity contribution in [2.24, 2.45) is 0 Å². The van der Waals surface area contributed by atoms with Crippen LogP contribution < -0.4 is 15.5 Å². The number of carbonyl (C=O) groups is 4. The zero-order valence-electron chi connectivity index (χ0n) is 21.0. The standard InChI is InChI=1S/C28H21ClF3N3O5/c1-15(2)40-27(39)16-9-11-21(12-10-16)35-25(37)22(29)23(26(35)38)33-19-7-3-5-17(13-19)24(36)34-20-8-4-6-18(14-20)28(30,31)32/h3-15,33H,1-2H3,(H,34,36). The highest BCUT2D eigenvalue weighted by atomic mass is 35.5. The molecule has 3 aromatic carbocycles. The quantitative estimate of drug-likeness (QED) is 0.268. The van der Waals surface area contributed by atoms with E-state index in [-0.39, 0.29) is 40.0 Å². The number of nitrogens with zero attached hydrogens (tertiary/aromatic N) is 1. The summed E-state index contributed by atoms with van der Waals surface area (Å²) in [5.74, 6) is -2.83. The zero-order valence-corrected chi connectivity index (χ0v) is 21.8. The van der Waals surface area contributed by atoms with Crippen LogP contribution in [0.3, 0.4) is 0 Å². The molecule has 0 aliphatic carbocycles. The molecule has 8 nitrogen and oxygen atoms in total. The molecular weight excluding hydrogens is 551 g/mol. The van der Waals surface area contributed by atoms with Crippen molar-refractivity contribution in [2.45, 2.75) is 26.1 Å². The first-order valence-electron chi connectivity index (χ1n) is 11.8. The lowest BCUT2D eigenvalue weighted by Gasteiger charge is -2.16. The lowest BCUT2D eigenvalue weighted by atomic mass is 10.1. The summed E-state index contributed by atoms with van der Waals surface area (Å²) in [6.45, 7) is 3.41. The van der Waals surface area contributed by atoms with Crippen molar-refractivity contribution in [1.82, 2.24) is 0 Å². The molecule has 1 aliphatic heterocycles. The maximum absolute atomic E-state index is 13.1. The van der Waals surface area contributed by atoms with Crippen LogP contribution in [0.1, 0.15) is 40.1 Å². The molecule has 0 radical (unpaired) electrons. The van der Waals surface area contributed by atoms with Gasteiger partial charge in [-0.05, 0) is 74.5 Å². The third kappa shape index (κ3) is 6.15. The van der Waals surface area contributed by atoms with E-state index in [2.05, 4.69) is 10.6 Å². The average Bonchev–Trinajstić information content (AvgIpc) is 3.11. The molecule has 2 N–H and O–H groups in total. The Morgan fingerprint density at radius 2 is 1.52 bits per heavy atom. The van der Waals surface area contributed by atoms with E-state index in [1.807, 2.05) is 0 Å². The number of carbonyl (C=O) groups excluding carboxylic acids is 4. The molecule has 0 bridgehead atoms. The van der Waals surface area contributed by atoms with Crippen LogP contribution in [0, 0.1) is 0 Å². The summed E-state index contributed by atoms with van der Waals surface area (Å²) < 4.78 is 44.1. The molecule has 0 spiro atoms. The van der Waals surface area contributed by atoms with Crippen LogP contribution in [0.4, 0.5) is 30.2 Å². The van der Waals surface area contributed by atoms with Crippen LogP contribution in [0.2, 0.25) is 0 Å². The van der Waals surface area contributed by atoms with Gasteiger partial charge < -0.3 is 15.4 Å². The largest absolute Gasteiger partial charge is 0.459 e. The number of esters is 1. The Morgan fingerprint density at radius 1 is 0.875 bits per heavy atom. The average molecular weight is 572 g/mol. The summed E-state index contributed by atoms with van der Waals surface area (Å²) in [7, 11) is 0. The number of rotatable bonds is 7. The van der Waals surface area contributed by atoms with Gasteiger partial charge in [0.05, 0.1) is 22.9 Å². The smallest absolute Gasteiger partial charge is 0.416 e. The summed E-state index contributed by atoms with van der Waals surface area (Å²) >= 11 is 6.18. The van der Waals surface area contributed by atoms with Crippen molar-refractivity contribution in [2.75, 3.05) is 15.5 Å². The second kappa shape index (κ2) is 11.2. The molecule has 3 aromatic rings. The molecule has 206 valence electrons. The minimum Gasteiger partial charge on any atom is -0.459 e. The summed E-state index contributed by atoms with van der Waals surface area (Å²) in [5, 5.41) is 4.75. The number of amides is 3. The summed E-state index contributed by atoms with van der Waals surface area (Å²) in [4.78, 5) is 51.5. The van der Waals surface area contributed by atoms with Gasteiger partial charge in [-0.1, -0.05) is 23.7 Å². The first-order chi connectivity index (χ1) is 18.8. The number of nitrogens with one attached hydrogen (secondary N) is 2. The van der Waals surface area contributed by atoms with Crippen molar-refractivity contribution in [3.8, 4) is 0 Å². The van der Waals surface area contributed by atoms with E-state index >= 15 is 0 Å². The Morgan fingerprint density at radius 3 is 2.17 bits per heavy atom. The second-order valence-electron chi connectivity index (χ2n) is 8.87. The van der Waals surface area contributed by atoms with Gasteiger partial charge in [0.1, 0.15) is 10.7 Å². The van der Waals surface area contributed by atoms with E-state index < -0.39 is 40.5 Å².